The van der Waals surface area contributed by atoms with Crippen LogP contribution in [-0.2, 0) is 0 Å². The van der Waals surface area contributed by atoms with Gasteiger partial charge in [-0.1, -0.05) is 133 Å². The van der Waals surface area contributed by atoms with Crippen LogP contribution in [0.15, 0.2) is 167 Å². The molecule has 234 valence electrons. The lowest BCUT2D eigenvalue weighted by Gasteiger charge is -2.10. The van der Waals surface area contributed by atoms with Gasteiger partial charge in [-0.15, -0.1) is 0 Å². The Kier molecular flexibility index (Phi) is 6.39. The molecule has 0 amide bonds. The Morgan fingerprint density at radius 1 is 0.360 bits per heavy atom. The van der Waals surface area contributed by atoms with Gasteiger partial charge in [-0.3, -0.25) is 0 Å². The number of hydrogen-bond donors (Lipinski definition) is 0. The summed E-state index contributed by atoms with van der Waals surface area (Å²) in [4.78, 5) is 20.4. The first-order chi connectivity index (χ1) is 24.7. The van der Waals surface area contributed by atoms with E-state index in [1.54, 1.807) is 0 Å². The van der Waals surface area contributed by atoms with Gasteiger partial charge in [-0.2, -0.15) is 0 Å². The highest BCUT2D eigenvalue weighted by Crippen LogP contribution is 2.42. The van der Waals surface area contributed by atoms with E-state index in [1.165, 1.54) is 0 Å². The lowest BCUT2D eigenvalue weighted by Crippen LogP contribution is -2.01. The van der Waals surface area contributed by atoms with Crippen LogP contribution in [0.2, 0.25) is 0 Å². The molecule has 0 saturated heterocycles. The molecular weight excluding hydrogens is 617 g/mol. The third-order valence-corrected chi connectivity index (χ3v) is 9.16. The van der Waals surface area contributed by atoms with Gasteiger partial charge in [0.15, 0.2) is 23.1 Å². The van der Waals surface area contributed by atoms with Gasteiger partial charge in [0.05, 0.1) is 5.56 Å². The first kappa shape index (κ1) is 28.1. The Morgan fingerprint density at radius 3 is 1.72 bits per heavy atom. The highest BCUT2D eigenvalue weighted by molar-refractivity contribution is 6.18. The first-order valence-corrected chi connectivity index (χ1v) is 16.5. The topological polar surface area (TPSA) is 77.8 Å². The molecule has 0 aliphatic carbocycles. The molecule has 6 nitrogen and oxygen atoms in total. The Balaban J connectivity index is 1.23. The molecule has 0 aliphatic heterocycles. The van der Waals surface area contributed by atoms with E-state index in [-0.39, 0.29) is 0 Å². The predicted molar refractivity (Wildman–Crippen MR) is 199 cm³/mol. The summed E-state index contributed by atoms with van der Waals surface area (Å²) < 4.78 is 12.9. The van der Waals surface area contributed by atoms with Gasteiger partial charge in [0.2, 0.25) is 5.89 Å². The molecule has 0 atom stereocenters. The summed E-state index contributed by atoms with van der Waals surface area (Å²) in [5.74, 6) is 2.12. The van der Waals surface area contributed by atoms with Gasteiger partial charge < -0.3 is 8.83 Å². The third kappa shape index (κ3) is 4.73. The maximum absolute atomic E-state index is 6.51. The maximum Gasteiger partial charge on any atom is 0.227 e. The molecule has 3 aromatic heterocycles. The number of hydrogen-bond acceptors (Lipinski definition) is 6. The van der Waals surface area contributed by atoms with Crippen LogP contribution in [-0.4, -0.2) is 19.9 Å². The molecule has 10 rings (SSSR count). The molecule has 0 N–H and O–H groups in total. The van der Waals surface area contributed by atoms with Crippen LogP contribution in [0.1, 0.15) is 0 Å². The summed E-state index contributed by atoms with van der Waals surface area (Å²) in [6.45, 7) is 0. The molecule has 10 aromatic rings. The van der Waals surface area contributed by atoms with E-state index in [2.05, 4.69) is 66.7 Å². The quantitative estimate of drug-likeness (QED) is 0.186. The Bertz CT molecular complexity index is 2860. The molecule has 0 bridgehead atoms. The van der Waals surface area contributed by atoms with Crippen LogP contribution in [0, 0.1) is 0 Å². The number of oxazole rings is 1. The summed E-state index contributed by atoms with van der Waals surface area (Å²) in [5, 5.41) is 4.09. The second-order valence-electron chi connectivity index (χ2n) is 12.3. The van der Waals surface area contributed by atoms with Crippen LogP contribution in [0.4, 0.5) is 0 Å². The van der Waals surface area contributed by atoms with Crippen molar-refractivity contribution in [1.29, 1.82) is 0 Å². The maximum atomic E-state index is 6.51. The van der Waals surface area contributed by atoms with Crippen LogP contribution in [0.25, 0.3) is 101 Å². The van der Waals surface area contributed by atoms with Crippen LogP contribution in [0.3, 0.4) is 0 Å². The molecule has 6 heteroatoms. The minimum absolute atomic E-state index is 0.488. The average Bonchev–Trinajstić information content (AvgIpc) is 3.79. The molecule has 0 fully saturated rings. The van der Waals surface area contributed by atoms with Gasteiger partial charge in [-0.25, -0.2) is 19.9 Å². The summed E-state index contributed by atoms with van der Waals surface area (Å²) in [7, 11) is 0. The minimum atomic E-state index is 0.488. The average molecular weight is 643 g/mol. The Labute approximate surface area is 286 Å². The van der Waals surface area contributed by atoms with E-state index in [0.29, 0.717) is 40.0 Å². The van der Waals surface area contributed by atoms with Gasteiger partial charge >= 0.3 is 0 Å². The van der Waals surface area contributed by atoms with Crippen molar-refractivity contribution in [2.24, 2.45) is 0 Å². The van der Waals surface area contributed by atoms with E-state index < -0.39 is 0 Å². The van der Waals surface area contributed by atoms with Crippen molar-refractivity contribution < 1.29 is 8.83 Å². The monoisotopic (exact) mass is 642 g/mol. The predicted octanol–water partition coefficient (Wildman–Crippen LogP) is 11.4. The number of para-hydroxylation sites is 1. The largest absolute Gasteiger partial charge is 0.456 e. The highest BCUT2D eigenvalue weighted by Gasteiger charge is 2.24. The molecule has 0 radical (unpaired) electrons. The lowest BCUT2D eigenvalue weighted by molar-refractivity contribution is 0.617. The fraction of sp³-hybridized carbons (Fsp3) is 0. The minimum Gasteiger partial charge on any atom is -0.456 e. The summed E-state index contributed by atoms with van der Waals surface area (Å²) in [6, 6.07) is 53.1. The zero-order chi connectivity index (χ0) is 33.0. The van der Waals surface area contributed by atoms with Crippen LogP contribution >= 0.6 is 0 Å². The number of nitrogens with zero attached hydrogens (tertiary/aromatic N) is 4. The SMILES string of the molecule is c1ccc(-c2ccc(-c3nc(-c4ccccc4)nc(-c4c5nc(-c6ccc7ccccc7c6)oc5cc5oc6ccccc6c45)n3)cc2)cc1. The van der Waals surface area contributed by atoms with Gasteiger partial charge in [0, 0.05) is 33.5 Å². The van der Waals surface area contributed by atoms with E-state index in [9.17, 15) is 0 Å². The number of rotatable bonds is 5. The van der Waals surface area contributed by atoms with Crippen molar-refractivity contribution in [2.75, 3.05) is 0 Å². The summed E-state index contributed by atoms with van der Waals surface area (Å²) in [6.07, 6.45) is 0. The molecule has 7 aromatic carbocycles. The molecule has 50 heavy (non-hydrogen) atoms. The zero-order valence-corrected chi connectivity index (χ0v) is 26.6. The van der Waals surface area contributed by atoms with Gasteiger partial charge in [0.25, 0.3) is 0 Å². The van der Waals surface area contributed by atoms with Crippen molar-refractivity contribution in [3.05, 3.63) is 158 Å². The fourth-order valence-electron chi connectivity index (χ4n) is 6.71. The number of aromatic nitrogens is 4. The van der Waals surface area contributed by atoms with E-state index in [4.69, 9.17) is 28.8 Å². The first-order valence-electron chi connectivity index (χ1n) is 16.5. The fourth-order valence-corrected chi connectivity index (χ4v) is 6.71. The summed E-state index contributed by atoms with van der Waals surface area (Å²) >= 11 is 0. The second kappa shape index (κ2) is 11.4. The number of furan rings is 1. The Hall–Kier alpha value is -6.92. The van der Waals surface area contributed by atoms with Crippen molar-refractivity contribution in [1.82, 2.24) is 19.9 Å². The van der Waals surface area contributed by atoms with Gasteiger partial charge in [-0.05, 0) is 40.1 Å². The number of fused-ring (bicyclic) bond motifs is 5. The zero-order valence-electron chi connectivity index (χ0n) is 26.6. The highest BCUT2D eigenvalue weighted by atomic mass is 16.4. The molecule has 3 heterocycles. The normalized spacial score (nSPS) is 11.6. The van der Waals surface area contributed by atoms with Crippen LogP contribution in [0.5, 0.6) is 0 Å². The molecule has 0 saturated carbocycles. The smallest absolute Gasteiger partial charge is 0.227 e. The molecule has 0 unspecified atom stereocenters. The van der Waals surface area contributed by atoms with E-state index >= 15 is 0 Å². The molecular formula is C44H26N4O2. The van der Waals surface area contributed by atoms with Gasteiger partial charge in [0.1, 0.15) is 16.7 Å². The second-order valence-corrected chi connectivity index (χ2v) is 12.3. The van der Waals surface area contributed by atoms with Crippen molar-refractivity contribution in [3.8, 4) is 56.7 Å². The molecule has 0 spiro atoms. The lowest BCUT2D eigenvalue weighted by atomic mass is 10.0. The Morgan fingerprint density at radius 2 is 0.940 bits per heavy atom. The third-order valence-electron chi connectivity index (χ3n) is 9.16. The van der Waals surface area contributed by atoms with Crippen molar-refractivity contribution in [3.63, 3.8) is 0 Å². The summed E-state index contributed by atoms with van der Waals surface area (Å²) in [5.41, 5.74) is 8.32. The van der Waals surface area contributed by atoms with E-state index in [0.717, 1.165) is 60.5 Å². The van der Waals surface area contributed by atoms with E-state index in [1.807, 2.05) is 91.0 Å². The van der Waals surface area contributed by atoms with Crippen molar-refractivity contribution in [2.45, 2.75) is 0 Å². The number of benzene rings is 7. The molecule has 0 aliphatic rings. The van der Waals surface area contributed by atoms with Crippen LogP contribution < -0.4 is 0 Å². The van der Waals surface area contributed by atoms with Crippen molar-refractivity contribution >= 4 is 43.8 Å². The standard InChI is InChI=1S/C44H26N4O2/c1-3-11-27(12-4-1)29-19-22-31(23-20-29)42-46-41(30-14-5-2-6-15-30)47-43(48-42)39-38-34-17-9-10-18-35(34)49-36(38)26-37-40(39)45-44(50-37)33-24-21-28-13-7-8-16-32(28)25-33/h1-26H.